The number of hydrogen-bond acceptors (Lipinski definition) is 3. The van der Waals surface area contributed by atoms with E-state index >= 15 is 0 Å². The Labute approximate surface area is 142 Å². The highest BCUT2D eigenvalue weighted by Gasteiger charge is 2.12. The summed E-state index contributed by atoms with van der Waals surface area (Å²) in [5, 5.41) is 7.90. The lowest BCUT2D eigenvalue weighted by Crippen LogP contribution is -2.24. The van der Waals surface area contributed by atoms with E-state index in [9.17, 15) is 9.59 Å². The molecule has 3 amide bonds. The molecule has 0 fully saturated rings. The molecule has 0 aliphatic heterocycles. The Morgan fingerprint density at radius 1 is 1.05 bits per heavy atom. The predicted octanol–water partition coefficient (Wildman–Crippen LogP) is 4.28. The van der Waals surface area contributed by atoms with Gasteiger partial charge in [-0.3, -0.25) is 4.79 Å². The van der Waals surface area contributed by atoms with Crippen LogP contribution in [0.1, 0.15) is 9.67 Å². The van der Waals surface area contributed by atoms with E-state index in [2.05, 4.69) is 47.8 Å². The number of halogens is 2. The molecule has 0 atom stereocenters. The average Bonchev–Trinajstić information content (AvgIpc) is 2.81. The fraction of sp³-hybridized carbons (Fsp3) is 0.0769. The third kappa shape index (κ3) is 4.29. The molecule has 0 bridgehead atoms. The molecule has 1 heterocycles. The number of carbonyl (C=O) groups is 2. The summed E-state index contributed by atoms with van der Waals surface area (Å²) in [6.07, 6.45) is 0. The molecule has 2 rings (SSSR count). The minimum atomic E-state index is -0.292. The summed E-state index contributed by atoms with van der Waals surface area (Å²) >= 11 is 8.05. The molecule has 1 aromatic heterocycles. The van der Waals surface area contributed by atoms with Crippen molar-refractivity contribution in [1.82, 2.24) is 5.32 Å². The molecule has 0 aliphatic carbocycles. The number of hydrogen-bond donors (Lipinski definition) is 3. The van der Waals surface area contributed by atoms with Crippen LogP contribution in [0.3, 0.4) is 0 Å². The van der Waals surface area contributed by atoms with Gasteiger partial charge in [-0.25, -0.2) is 4.79 Å². The van der Waals surface area contributed by atoms with Crippen molar-refractivity contribution in [3.8, 4) is 0 Å². The minimum absolute atomic E-state index is 0.182. The van der Waals surface area contributed by atoms with Gasteiger partial charge >= 0.3 is 6.03 Å². The largest absolute Gasteiger partial charge is 0.341 e. The lowest BCUT2D eigenvalue weighted by molar-refractivity contribution is 0.103. The van der Waals surface area contributed by atoms with Gasteiger partial charge in [-0.2, -0.15) is 0 Å². The number of thiophene rings is 1. The van der Waals surface area contributed by atoms with Gasteiger partial charge in [-0.1, -0.05) is 0 Å². The van der Waals surface area contributed by atoms with Crippen LogP contribution in [-0.2, 0) is 0 Å². The summed E-state index contributed by atoms with van der Waals surface area (Å²) in [6.45, 7) is 0. The number of nitrogens with one attached hydrogen (secondary N) is 3. The summed E-state index contributed by atoms with van der Waals surface area (Å²) < 4.78 is 1.72. The maximum atomic E-state index is 12.1. The van der Waals surface area contributed by atoms with Crippen molar-refractivity contribution in [1.29, 1.82) is 0 Å². The summed E-state index contributed by atoms with van der Waals surface area (Å²) in [6, 6.07) is 8.34. The lowest BCUT2D eigenvalue weighted by Gasteiger charge is -2.06. The first-order valence-corrected chi connectivity index (χ1v) is 8.25. The maximum Gasteiger partial charge on any atom is 0.318 e. The van der Waals surface area contributed by atoms with Gasteiger partial charge in [0.25, 0.3) is 5.91 Å². The van der Waals surface area contributed by atoms with Crippen molar-refractivity contribution >= 4 is 66.5 Å². The monoisotopic (exact) mass is 431 g/mol. The lowest BCUT2D eigenvalue weighted by atomic mass is 10.2. The van der Waals surface area contributed by atoms with Gasteiger partial charge in [0.05, 0.1) is 8.66 Å². The molecule has 0 unspecified atom stereocenters. The van der Waals surface area contributed by atoms with Gasteiger partial charge in [0.2, 0.25) is 0 Å². The Hall–Kier alpha value is -1.38. The second-order valence-corrected chi connectivity index (χ2v) is 7.19. The third-order valence-electron chi connectivity index (χ3n) is 2.50. The normalized spacial score (nSPS) is 10.0. The van der Waals surface area contributed by atoms with E-state index in [1.807, 2.05) is 0 Å². The Kier molecular flexibility index (Phi) is 5.38. The van der Waals surface area contributed by atoms with Gasteiger partial charge in [-0.05, 0) is 62.2 Å². The van der Waals surface area contributed by atoms with Crippen LogP contribution >= 0.6 is 43.2 Å². The molecule has 5 nitrogen and oxygen atoms in total. The number of benzene rings is 1. The highest BCUT2D eigenvalue weighted by Crippen LogP contribution is 2.32. The van der Waals surface area contributed by atoms with Gasteiger partial charge in [0.1, 0.15) is 0 Å². The molecule has 0 saturated carbocycles. The van der Waals surface area contributed by atoms with Crippen molar-refractivity contribution in [3.05, 3.63) is 43.5 Å². The number of rotatable bonds is 3. The van der Waals surface area contributed by atoms with Gasteiger partial charge in [0.15, 0.2) is 0 Å². The molecule has 2 aromatic rings. The minimum Gasteiger partial charge on any atom is -0.341 e. The highest BCUT2D eigenvalue weighted by molar-refractivity contribution is 9.13. The molecule has 0 radical (unpaired) electrons. The van der Waals surface area contributed by atoms with E-state index in [0.29, 0.717) is 16.3 Å². The van der Waals surface area contributed by atoms with Crippen molar-refractivity contribution < 1.29 is 9.59 Å². The Bertz CT molecular complexity index is 651. The van der Waals surface area contributed by atoms with Crippen molar-refractivity contribution in [2.45, 2.75) is 0 Å². The highest BCUT2D eigenvalue weighted by atomic mass is 79.9. The summed E-state index contributed by atoms with van der Waals surface area (Å²) in [5.41, 5.74) is 1.30. The fourth-order valence-electron chi connectivity index (χ4n) is 1.48. The van der Waals surface area contributed by atoms with E-state index < -0.39 is 0 Å². The number of anilines is 2. The second kappa shape index (κ2) is 7.06. The van der Waals surface area contributed by atoms with Crippen LogP contribution in [0.25, 0.3) is 0 Å². The second-order valence-electron chi connectivity index (χ2n) is 3.97. The van der Waals surface area contributed by atoms with Crippen LogP contribution in [0, 0.1) is 0 Å². The van der Waals surface area contributed by atoms with Gasteiger partial charge in [0, 0.05) is 22.9 Å². The number of amides is 3. The number of urea groups is 1. The molecule has 3 N–H and O–H groups in total. The molecule has 1 aromatic carbocycles. The van der Waals surface area contributed by atoms with Crippen LogP contribution in [0.4, 0.5) is 16.2 Å². The average molecular weight is 433 g/mol. The number of carbonyl (C=O) groups excluding carboxylic acids is 2. The first kappa shape index (κ1) is 16.0. The van der Waals surface area contributed by atoms with Crippen LogP contribution < -0.4 is 16.0 Å². The molecule has 0 saturated heterocycles. The van der Waals surface area contributed by atoms with E-state index in [1.54, 1.807) is 37.4 Å². The summed E-state index contributed by atoms with van der Waals surface area (Å²) in [5.74, 6) is -0.182. The maximum absolute atomic E-state index is 12.1. The van der Waals surface area contributed by atoms with Crippen LogP contribution in [0.2, 0.25) is 0 Å². The van der Waals surface area contributed by atoms with Crippen molar-refractivity contribution in [3.63, 3.8) is 0 Å². The van der Waals surface area contributed by atoms with Gasteiger partial charge < -0.3 is 16.0 Å². The van der Waals surface area contributed by atoms with Crippen LogP contribution in [0.5, 0.6) is 0 Å². The Morgan fingerprint density at radius 2 is 1.62 bits per heavy atom. The molecule has 21 heavy (non-hydrogen) atoms. The molecular weight excluding hydrogens is 422 g/mol. The van der Waals surface area contributed by atoms with Crippen LogP contribution in [0.15, 0.2) is 38.6 Å². The van der Waals surface area contributed by atoms with E-state index in [4.69, 9.17) is 0 Å². The molecule has 0 spiro atoms. The molecule has 8 heteroatoms. The van der Waals surface area contributed by atoms with Crippen LogP contribution in [-0.4, -0.2) is 19.0 Å². The summed E-state index contributed by atoms with van der Waals surface area (Å²) in [4.78, 5) is 23.8. The SMILES string of the molecule is CNC(=O)Nc1ccc(NC(=O)c2cc(Br)c(Br)s2)cc1. The fourth-order valence-corrected chi connectivity index (χ4v) is 3.41. The van der Waals surface area contributed by atoms with E-state index in [0.717, 1.165) is 8.26 Å². The molecule has 0 aliphatic rings. The Balaban J connectivity index is 2.03. The van der Waals surface area contributed by atoms with Crippen molar-refractivity contribution in [2.75, 3.05) is 17.7 Å². The zero-order valence-electron chi connectivity index (χ0n) is 10.9. The molecule has 110 valence electrons. The van der Waals surface area contributed by atoms with Gasteiger partial charge in [-0.15, -0.1) is 11.3 Å². The van der Waals surface area contributed by atoms with E-state index in [-0.39, 0.29) is 11.9 Å². The van der Waals surface area contributed by atoms with E-state index in [1.165, 1.54) is 11.3 Å². The third-order valence-corrected chi connectivity index (χ3v) is 5.75. The topological polar surface area (TPSA) is 70.2 Å². The zero-order chi connectivity index (χ0) is 15.4. The molecular formula is C13H11Br2N3O2S. The quantitative estimate of drug-likeness (QED) is 0.677. The van der Waals surface area contributed by atoms with Crippen molar-refractivity contribution in [2.24, 2.45) is 0 Å². The predicted molar refractivity (Wildman–Crippen MR) is 92.2 cm³/mol. The Morgan fingerprint density at radius 3 is 2.10 bits per heavy atom. The smallest absolute Gasteiger partial charge is 0.318 e. The summed E-state index contributed by atoms with van der Waals surface area (Å²) in [7, 11) is 1.54. The standard InChI is InChI=1S/C13H11Br2N3O2S/c1-16-13(20)18-8-4-2-7(3-5-8)17-12(19)10-6-9(14)11(15)21-10/h2-6H,1H3,(H,17,19)(H2,16,18,20). The zero-order valence-corrected chi connectivity index (χ0v) is 14.9. The first-order valence-electron chi connectivity index (χ1n) is 5.84. The first-order chi connectivity index (χ1) is 9.99.